The smallest absolute Gasteiger partial charge is 0.271 e. The molecule has 0 saturated carbocycles. The molecule has 1 aliphatic rings. The third kappa shape index (κ3) is 5.08. The molecule has 0 radical (unpaired) electrons. The maximum Gasteiger partial charge on any atom is 0.271 e. The Labute approximate surface area is 229 Å². The van der Waals surface area contributed by atoms with Gasteiger partial charge in [0, 0.05) is 11.3 Å². The van der Waals surface area contributed by atoms with Crippen molar-refractivity contribution in [2.45, 2.75) is 13.0 Å². The van der Waals surface area contributed by atoms with Gasteiger partial charge in [-0.05, 0) is 61.0 Å². The first-order chi connectivity index (χ1) is 18.9. The molecule has 1 aliphatic heterocycles. The molecule has 9 heteroatoms. The van der Waals surface area contributed by atoms with Crippen LogP contribution in [-0.2, 0) is 4.79 Å². The molecule has 1 amide bonds. The monoisotopic (exact) mass is 541 g/mol. The summed E-state index contributed by atoms with van der Waals surface area (Å²) in [6.07, 6.45) is 1.76. The molecule has 4 aromatic rings. The fourth-order valence-corrected chi connectivity index (χ4v) is 5.56. The van der Waals surface area contributed by atoms with Gasteiger partial charge in [-0.15, -0.1) is 0 Å². The number of para-hydroxylation sites is 1. The molecular weight excluding hydrogens is 514 g/mol. The van der Waals surface area contributed by atoms with Crippen LogP contribution in [0.25, 0.3) is 6.08 Å². The number of allylic oxidation sites excluding steroid dienone is 1. The van der Waals surface area contributed by atoms with Gasteiger partial charge < -0.3 is 19.5 Å². The van der Waals surface area contributed by atoms with E-state index >= 15 is 0 Å². The number of nitrogens with zero attached hydrogens (tertiary/aromatic N) is 2. The van der Waals surface area contributed by atoms with Crippen LogP contribution in [0.4, 0.5) is 5.69 Å². The summed E-state index contributed by atoms with van der Waals surface area (Å²) in [6.45, 7) is 1.79. The largest absolute Gasteiger partial charge is 0.497 e. The van der Waals surface area contributed by atoms with Crippen molar-refractivity contribution in [1.82, 2.24) is 4.57 Å². The van der Waals surface area contributed by atoms with E-state index in [9.17, 15) is 9.59 Å². The van der Waals surface area contributed by atoms with Crippen molar-refractivity contribution in [2.24, 2.45) is 4.99 Å². The second kappa shape index (κ2) is 11.0. The third-order valence-electron chi connectivity index (χ3n) is 6.45. The van der Waals surface area contributed by atoms with Crippen LogP contribution in [0.1, 0.15) is 24.1 Å². The number of amides is 1. The molecule has 8 nitrogen and oxygen atoms in total. The molecule has 3 aromatic carbocycles. The van der Waals surface area contributed by atoms with Gasteiger partial charge in [0.15, 0.2) is 4.80 Å². The van der Waals surface area contributed by atoms with Gasteiger partial charge >= 0.3 is 0 Å². The Kier molecular flexibility index (Phi) is 7.33. The second-order valence-electron chi connectivity index (χ2n) is 8.78. The summed E-state index contributed by atoms with van der Waals surface area (Å²) in [6, 6.07) is 21.2. The van der Waals surface area contributed by atoms with Crippen molar-refractivity contribution in [3.63, 3.8) is 0 Å². The molecule has 5 rings (SSSR count). The molecule has 2 heterocycles. The highest BCUT2D eigenvalue weighted by Gasteiger charge is 2.32. The van der Waals surface area contributed by atoms with Gasteiger partial charge in [0.1, 0.15) is 17.2 Å². The number of aromatic nitrogens is 1. The van der Waals surface area contributed by atoms with Crippen molar-refractivity contribution in [1.29, 1.82) is 0 Å². The minimum atomic E-state index is -0.690. The number of fused-ring (bicyclic) bond motifs is 1. The maximum atomic E-state index is 13.9. The van der Waals surface area contributed by atoms with Crippen molar-refractivity contribution in [3.8, 4) is 17.2 Å². The van der Waals surface area contributed by atoms with E-state index < -0.39 is 6.04 Å². The molecule has 198 valence electrons. The highest BCUT2D eigenvalue weighted by molar-refractivity contribution is 7.07. The Hall–Kier alpha value is -4.63. The van der Waals surface area contributed by atoms with Gasteiger partial charge in [0.25, 0.3) is 11.5 Å². The summed E-state index contributed by atoms with van der Waals surface area (Å²) in [5.74, 6) is 1.59. The minimum absolute atomic E-state index is 0.262. The molecule has 0 unspecified atom stereocenters. The lowest BCUT2D eigenvalue weighted by atomic mass is 9.95. The molecule has 0 aliphatic carbocycles. The van der Waals surface area contributed by atoms with Crippen LogP contribution < -0.4 is 34.4 Å². The molecular formula is C30H27N3O5S. The topological polar surface area (TPSA) is 91.2 Å². The third-order valence-corrected chi connectivity index (χ3v) is 7.44. The number of hydrogen-bond donors (Lipinski definition) is 1. The van der Waals surface area contributed by atoms with E-state index in [1.165, 1.54) is 11.3 Å². The average Bonchev–Trinajstić information content (AvgIpc) is 3.26. The van der Waals surface area contributed by atoms with Crippen LogP contribution in [0.15, 0.2) is 93.9 Å². The zero-order valence-electron chi connectivity index (χ0n) is 21.9. The highest BCUT2D eigenvalue weighted by atomic mass is 32.1. The summed E-state index contributed by atoms with van der Waals surface area (Å²) in [7, 11) is 4.75. The summed E-state index contributed by atoms with van der Waals surface area (Å²) in [5.41, 5.74) is 2.77. The van der Waals surface area contributed by atoms with Gasteiger partial charge in [-0.2, -0.15) is 0 Å². The molecule has 1 aromatic heterocycles. The van der Waals surface area contributed by atoms with E-state index in [0.29, 0.717) is 49.1 Å². The quantitative estimate of drug-likeness (QED) is 0.383. The van der Waals surface area contributed by atoms with Gasteiger partial charge in [-0.25, -0.2) is 4.99 Å². The molecule has 1 atom stereocenters. The SMILES string of the molecule is COc1ccc([C@H]2C(C(=O)Nc3ccccc3)=C(C)N=c3s/c(=C/c4cc(OC)ccc4OC)c(=O)n32)cc1. The van der Waals surface area contributed by atoms with E-state index in [1.807, 2.05) is 60.7 Å². The standard InChI is InChI=1S/C30H27N3O5S/c1-18-26(28(34)32-21-8-6-5-7-9-21)27(19-10-12-22(36-2)13-11-19)33-29(35)25(39-30(33)31-18)17-20-16-23(37-3)14-15-24(20)38-4/h5-17,27H,1-4H3,(H,32,34)/b25-17+/t27-/m0/s1. The first-order valence-electron chi connectivity index (χ1n) is 12.2. The predicted molar refractivity (Wildman–Crippen MR) is 151 cm³/mol. The summed E-state index contributed by atoms with van der Waals surface area (Å²) in [5, 5.41) is 2.96. The molecule has 1 N–H and O–H groups in total. The van der Waals surface area contributed by atoms with Gasteiger partial charge in [0.2, 0.25) is 0 Å². The zero-order chi connectivity index (χ0) is 27.5. The lowest BCUT2D eigenvalue weighted by molar-refractivity contribution is -0.113. The number of nitrogens with one attached hydrogen (secondary N) is 1. The summed E-state index contributed by atoms with van der Waals surface area (Å²) >= 11 is 1.26. The van der Waals surface area contributed by atoms with Gasteiger partial charge in [-0.3, -0.25) is 14.2 Å². The Morgan fingerprint density at radius 3 is 2.31 bits per heavy atom. The second-order valence-corrected chi connectivity index (χ2v) is 9.79. The molecule has 0 bridgehead atoms. The van der Waals surface area contributed by atoms with Crippen LogP contribution in [0.3, 0.4) is 0 Å². The molecule has 0 saturated heterocycles. The Bertz CT molecular complexity index is 1740. The van der Waals surface area contributed by atoms with E-state index in [0.717, 1.165) is 5.56 Å². The number of carbonyl (C=O) groups is 1. The Balaban J connectivity index is 1.69. The van der Waals surface area contributed by atoms with Crippen LogP contribution in [0.5, 0.6) is 17.2 Å². The number of methoxy groups -OCH3 is 3. The first-order valence-corrected chi connectivity index (χ1v) is 13.0. The van der Waals surface area contributed by atoms with Crippen molar-refractivity contribution >= 4 is 29.0 Å². The normalized spacial score (nSPS) is 14.9. The zero-order valence-corrected chi connectivity index (χ0v) is 22.7. The highest BCUT2D eigenvalue weighted by Crippen LogP contribution is 2.32. The van der Waals surface area contributed by atoms with E-state index in [2.05, 4.69) is 5.32 Å². The number of hydrogen-bond acceptors (Lipinski definition) is 7. The molecule has 0 spiro atoms. The first kappa shape index (κ1) is 26.0. The Morgan fingerprint density at radius 1 is 0.949 bits per heavy atom. The average molecular weight is 542 g/mol. The predicted octanol–water partition coefficient (Wildman–Crippen LogP) is 3.90. The van der Waals surface area contributed by atoms with Crippen LogP contribution >= 0.6 is 11.3 Å². The van der Waals surface area contributed by atoms with E-state index in [-0.39, 0.29) is 11.5 Å². The lowest BCUT2D eigenvalue weighted by Crippen LogP contribution is -2.40. The number of anilines is 1. The maximum absolute atomic E-state index is 13.9. The lowest BCUT2D eigenvalue weighted by Gasteiger charge is -2.25. The number of carbonyl (C=O) groups excluding carboxylic acids is 1. The molecule has 39 heavy (non-hydrogen) atoms. The van der Waals surface area contributed by atoms with Crippen LogP contribution in [-0.4, -0.2) is 31.8 Å². The van der Waals surface area contributed by atoms with Crippen molar-refractivity contribution in [2.75, 3.05) is 26.6 Å². The summed E-state index contributed by atoms with van der Waals surface area (Å²) in [4.78, 5) is 32.8. The number of thiazole rings is 1. The Morgan fingerprint density at radius 2 is 1.64 bits per heavy atom. The van der Waals surface area contributed by atoms with Crippen molar-refractivity contribution < 1.29 is 19.0 Å². The van der Waals surface area contributed by atoms with Gasteiger partial charge in [-0.1, -0.05) is 41.7 Å². The fraction of sp³-hybridized carbons (Fsp3) is 0.167. The van der Waals surface area contributed by atoms with Crippen LogP contribution in [0.2, 0.25) is 0 Å². The number of benzene rings is 3. The minimum Gasteiger partial charge on any atom is -0.497 e. The fourth-order valence-electron chi connectivity index (χ4n) is 4.53. The molecule has 0 fully saturated rings. The van der Waals surface area contributed by atoms with Crippen LogP contribution in [0, 0.1) is 0 Å². The summed E-state index contributed by atoms with van der Waals surface area (Å²) < 4.78 is 18.2. The van der Waals surface area contributed by atoms with E-state index in [4.69, 9.17) is 19.2 Å². The van der Waals surface area contributed by atoms with E-state index in [1.54, 1.807) is 51.0 Å². The van der Waals surface area contributed by atoms with Gasteiger partial charge in [0.05, 0.1) is 43.2 Å². The number of rotatable bonds is 7. The number of ether oxygens (including phenoxy) is 3. The van der Waals surface area contributed by atoms with Crippen molar-refractivity contribution in [3.05, 3.63) is 115 Å².